The number of amides is 5. The second-order valence-electron chi connectivity index (χ2n) is 6.74. The summed E-state index contributed by atoms with van der Waals surface area (Å²) in [5.41, 5.74) is 1.47. The van der Waals surface area contributed by atoms with E-state index in [0.717, 1.165) is 4.90 Å². The van der Waals surface area contributed by atoms with E-state index in [1.807, 2.05) is 0 Å². The number of hydrogen-bond acceptors (Lipinski definition) is 5. The number of carbonyl (C=O) groups is 5. The molecule has 0 saturated carbocycles. The first kappa shape index (κ1) is 18.4. The van der Waals surface area contributed by atoms with Crippen molar-refractivity contribution in [3.63, 3.8) is 0 Å². The lowest BCUT2D eigenvalue weighted by Gasteiger charge is -2.14. The maximum Gasteiger partial charge on any atom is 0.261 e. The summed E-state index contributed by atoms with van der Waals surface area (Å²) in [6.07, 6.45) is -0.296. The van der Waals surface area contributed by atoms with Crippen molar-refractivity contribution in [1.82, 2.24) is 10.2 Å². The van der Waals surface area contributed by atoms with Crippen LogP contribution in [0.4, 0.5) is 11.4 Å². The van der Waals surface area contributed by atoms with Gasteiger partial charge in [-0.25, -0.2) is 0 Å². The highest BCUT2D eigenvalue weighted by Gasteiger charge is 2.33. The standard InChI is InChI=1S/C20H16N4O5/c1-24-19(28)11-7-6-10(8-13(11)20(24)29)21-16(25)9-15-18(27)22-14-5-3-2-4-12(14)17(26)23-15/h2-8,15H,9H2,1H3,(H,21,25)(H,22,27)(H,23,26). The molecule has 0 saturated heterocycles. The topological polar surface area (TPSA) is 125 Å². The molecule has 0 bridgehead atoms. The molecule has 2 aromatic rings. The van der Waals surface area contributed by atoms with Crippen LogP contribution in [0.25, 0.3) is 0 Å². The summed E-state index contributed by atoms with van der Waals surface area (Å²) < 4.78 is 0. The smallest absolute Gasteiger partial charge is 0.261 e. The zero-order valence-corrected chi connectivity index (χ0v) is 15.3. The van der Waals surface area contributed by atoms with E-state index < -0.39 is 35.6 Å². The molecule has 0 aliphatic carbocycles. The van der Waals surface area contributed by atoms with Gasteiger partial charge in [-0.2, -0.15) is 0 Å². The average Bonchev–Trinajstić information content (AvgIpc) is 2.83. The lowest BCUT2D eigenvalue weighted by Crippen LogP contribution is -2.43. The summed E-state index contributed by atoms with van der Waals surface area (Å²) in [7, 11) is 1.38. The van der Waals surface area contributed by atoms with Crippen LogP contribution in [0.2, 0.25) is 0 Å². The highest BCUT2D eigenvalue weighted by atomic mass is 16.2. The van der Waals surface area contributed by atoms with Crippen molar-refractivity contribution in [3.8, 4) is 0 Å². The molecule has 1 atom stereocenters. The number of hydrogen-bond donors (Lipinski definition) is 3. The van der Waals surface area contributed by atoms with E-state index in [2.05, 4.69) is 16.0 Å². The predicted molar refractivity (Wildman–Crippen MR) is 102 cm³/mol. The van der Waals surface area contributed by atoms with Crippen molar-refractivity contribution in [3.05, 3.63) is 59.2 Å². The summed E-state index contributed by atoms with van der Waals surface area (Å²) in [6.45, 7) is 0. The zero-order valence-electron chi connectivity index (χ0n) is 15.3. The van der Waals surface area contributed by atoms with Crippen LogP contribution < -0.4 is 16.0 Å². The fourth-order valence-corrected chi connectivity index (χ4v) is 3.29. The highest BCUT2D eigenvalue weighted by Crippen LogP contribution is 2.25. The van der Waals surface area contributed by atoms with E-state index >= 15 is 0 Å². The van der Waals surface area contributed by atoms with Crippen molar-refractivity contribution in [2.24, 2.45) is 0 Å². The van der Waals surface area contributed by atoms with Gasteiger partial charge in [0.15, 0.2) is 0 Å². The molecule has 2 heterocycles. The molecule has 29 heavy (non-hydrogen) atoms. The molecule has 0 aromatic heterocycles. The predicted octanol–water partition coefficient (Wildman–Crippen LogP) is 0.992. The van der Waals surface area contributed by atoms with Gasteiger partial charge < -0.3 is 16.0 Å². The third-order valence-electron chi connectivity index (χ3n) is 4.81. The van der Waals surface area contributed by atoms with Crippen LogP contribution in [-0.2, 0) is 9.59 Å². The van der Waals surface area contributed by atoms with Crippen molar-refractivity contribution in [1.29, 1.82) is 0 Å². The van der Waals surface area contributed by atoms with E-state index in [4.69, 9.17) is 0 Å². The molecule has 1 unspecified atom stereocenters. The van der Waals surface area contributed by atoms with Gasteiger partial charge in [0.2, 0.25) is 11.8 Å². The maximum atomic E-state index is 12.4. The molecule has 5 amide bonds. The first-order valence-electron chi connectivity index (χ1n) is 8.82. The number of rotatable bonds is 3. The fourth-order valence-electron chi connectivity index (χ4n) is 3.29. The molecule has 9 heteroatoms. The van der Waals surface area contributed by atoms with Crippen LogP contribution in [0.3, 0.4) is 0 Å². The Morgan fingerprint density at radius 3 is 2.52 bits per heavy atom. The third kappa shape index (κ3) is 3.22. The van der Waals surface area contributed by atoms with Crippen LogP contribution in [0.15, 0.2) is 42.5 Å². The Morgan fingerprint density at radius 1 is 1.00 bits per heavy atom. The number of nitrogens with zero attached hydrogens (tertiary/aromatic N) is 1. The van der Waals surface area contributed by atoms with Gasteiger partial charge in [-0.1, -0.05) is 12.1 Å². The largest absolute Gasteiger partial charge is 0.340 e. The normalized spacial score (nSPS) is 17.8. The summed E-state index contributed by atoms with van der Waals surface area (Å²) in [5.74, 6) is -2.34. The van der Waals surface area contributed by atoms with Crippen molar-refractivity contribution in [2.45, 2.75) is 12.5 Å². The SMILES string of the molecule is CN1C(=O)c2ccc(NC(=O)CC3NC(=O)c4ccccc4NC3=O)cc2C1=O. The molecule has 2 aliphatic heterocycles. The van der Waals surface area contributed by atoms with Gasteiger partial charge in [0.1, 0.15) is 6.04 Å². The van der Waals surface area contributed by atoms with Crippen LogP contribution in [0.5, 0.6) is 0 Å². The number of fused-ring (bicyclic) bond motifs is 2. The van der Waals surface area contributed by atoms with Gasteiger partial charge in [0.05, 0.1) is 28.8 Å². The van der Waals surface area contributed by atoms with Gasteiger partial charge in [-0.3, -0.25) is 28.9 Å². The average molecular weight is 392 g/mol. The Morgan fingerprint density at radius 2 is 1.72 bits per heavy atom. The number of benzene rings is 2. The molecular weight excluding hydrogens is 376 g/mol. The van der Waals surface area contributed by atoms with Gasteiger partial charge in [0, 0.05) is 12.7 Å². The maximum absolute atomic E-state index is 12.4. The first-order valence-corrected chi connectivity index (χ1v) is 8.82. The first-order chi connectivity index (χ1) is 13.8. The molecule has 0 fully saturated rings. The van der Waals surface area contributed by atoms with Crippen LogP contribution in [0, 0.1) is 0 Å². The van der Waals surface area contributed by atoms with Gasteiger partial charge in [0.25, 0.3) is 17.7 Å². The molecule has 0 spiro atoms. The number of para-hydroxylation sites is 1. The van der Waals surface area contributed by atoms with E-state index in [9.17, 15) is 24.0 Å². The van der Waals surface area contributed by atoms with E-state index in [1.165, 1.54) is 25.2 Å². The van der Waals surface area contributed by atoms with Crippen molar-refractivity contribution >= 4 is 40.9 Å². The Bertz CT molecular complexity index is 1090. The quantitative estimate of drug-likeness (QED) is 0.672. The molecule has 9 nitrogen and oxygen atoms in total. The minimum atomic E-state index is -1.06. The van der Waals surface area contributed by atoms with Crippen LogP contribution in [0.1, 0.15) is 37.5 Å². The van der Waals surface area contributed by atoms with Gasteiger partial charge in [-0.05, 0) is 30.3 Å². The summed E-state index contributed by atoms with van der Waals surface area (Å²) >= 11 is 0. The Balaban J connectivity index is 1.47. The summed E-state index contributed by atoms with van der Waals surface area (Å²) in [5, 5.41) is 7.77. The molecule has 3 N–H and O–H groups in total. The van der Waals surface area contributed by atoms with E-state index in [1.54, 1.807) is 24.3 Å². The monoisotopic (exact) mass is 392 g/mol. The molecule has 146 valence electrons. The number of carbonyl (C=O) groups excluding carboxylic acids is 5. The molecule has 0 radical (unpaired) electrons. The summed E-state index contributed by atoms with van der Waals surface area (Å²) in [6, 6.07) is 9.87. The fraction of sp³-hybridized carbons (Fsp3) is 0.150. The summed E-state index contributed by atoms with van der Waals surface area (Å²) in [4.78, 5) is 62.1. The lowest BCUT2D eigenvalue weighted by atomic mass is 10.1. The second kappa shape index (κ2) is 6.86. The molecule has 2 aromatic carbocycles. The minimum absolute atomic E-state index is 0.200. The third-order valence-corrected chi connectivity index (χ3v) is 4.81. The van der Waals surface area contributed by atoms with Gasteiger partial charge in [-0.15, -0.1) is 0 Å². The Labute approximate surface area is 165 Å². The second-order valence-corrected chi connectivity index (χ2v) is 6.74. The number of nitrogens with one attached hydrogen (secondary N) is 3. The highest BCUT2D eigenvalue weighted by molar-refractivity contribution is 6.21. The molecule has 4 rings (SSSR count). The Kier molecular flexibility index (Phi) is 4.34. The van der Waals surface area contributed by atoms with E-state index in [0.29, 0.717) is 16.9 Å². The van der Waals surface area contributed by atoms with Gasteiger partial charge >= 0.3 is 0 Å². The lowest BCUT2D eigenvalue weighted by molar-refractivity contribution is -0.122. The minimum Gasteiger partial charge on any atom is -0.340 e. The molecular formula is C20H16N4O5. The van der Waals surface area contributed by atoms with Crippen molar-refractivity contribution < 1.29 is 24.0 Å². The van der Waals surface area contributed by atoms with Crippen LogP contribution >= 0.6 is 0 Å². The number of imide groups is 1. The van der Waals surface area contributed by atoms with Crippen molar-refractivity contribution in [2.75, 3.05) is 17.7 Å². The number of anilines is 2. The van der Waals surface area contributed by atoms with Crippen LogP contribution in [-0.4, -0.2) is 47.5 Å². The molecule has 2 aliphatic rings. The Hall–Kier alpha value is -4.01. The van der Waals surface area contributed by atoms with E-state index in [-0.39, 0.29) is 17.5 Å². The zero-order chi connectivity index (χ0) is 20.7.